The zero-order valence-corrected chi connectivity index (χ0v) is 19.3. The number of nitrogens with zero attached hydrogens (tertiary/aromatic N) is 2. The maximum Gasteiger partial charge on any atom is 0.411 e. The highest BCUT2D eigenvalue weighted by molar-refractivity contribution is 7.89. The van der Waals surface area contributed by atoms with E-state index in [0.29, 0.717) is 36.5 Å². The molecule has 3 aliphatic rings. The standard InChI is InChI=1S/C22H22Cl2N2O4S/c1-13-10-15(23)12-18(24)21(13)31(28,29)25-8-6-16(7-9-25)26-20-17-5-3-2-4-14(17)11-19(20)30-22(26)27/h2-5,10,12,16,19-20H,6-9,11H2,1H3/t19-,20+/m0/s1. The molecule has 0 aromatic heterocycles. The van der Waals surface area contributed by atoms with Gasteiger partial charge >= 0.3 is 6.09 Å². The van der Waals surface area contributed by atoms with Crippen LogP contribution < -0.4 is 0 Å². The Morgan fingerprint density at radius 2 is 1.81 bits per heavy atom. The minimum atomic E-state index is -3.76. The maximum atomic E-state index is 13.3. The second-order valence-corrected chi connectivity index (χ2v) is 11.1. The average molecular weight is 481 g/mol. The van der Waals surface area contributed by atoms with E-state index in [4.69, 9.17) is 27.9 Å². The van der Waals surface area contributed by atoms with Crippen LogP contribution in [-0.4, -0.2) is 49.0 Å². The van der Waals surface area contributed by atoms with Crippen LogP contribution >= 0.6 is 23.2 Å². The van der Waals surface area contributed by atoms with Gasteiger partial charge in [0.05, 0.1) is 11.1 Å². The molecule has 2 aliphatic heterocycles. The molecule has 0 bridgehead atoms. The molecule has 0 spiro atoms. The number of carbonyl (C=O) groups is 1. The Kier molecular flexibility index (Phi) is 5.20. The van der Waals surface area contributed by atoms with Gasteiger partial charge in [-0.2, -0.15) is 4.31 Å². The zero-order chi connectivity index (χ0) is 21.9. The minimum absolute atomic E-state index is 0.0677. The Morgan fingerprint density at radius 1 is 1.10 bits per heavy atom. The van der Waals surface area contributed by atoms with Gasteiger partial charge in [0.1, 0.15) is 11.0 Å². The lowest BCUT2D eigenvalue weighted by atomic mass is 10.00. The van der Waals surface area contributed by atoms with E-state index >= 15 is 0 Å². The number of hydrogen-bond donors (Lipinski definition) is 0. The lowest BCUT2D eigenvalue weighted by Gasteiger charge is -2.37. The van der Waals surface area contributed by atoms with E-state index in [9.17, 15) is 13.2 Å². The zero-order valence-electron chi connectivity index (χ0n) is 16.9. The van der Waals surface area contributed by atoms with Crippen LogP contribution in [0, 0.1) is 6.92 Å². The fraction of sp³-hybridized carbons (Fsp3) is 0.409. The van der Waals surface area contributed by atoms with Crippen molar-refractivity contribution in [3.63, 3.8) is 0 Å². The van der Waals surface area contributed by atoms with Crippen molar-refractivity contribution in [1.82, 2.24) is 9.21 Å². The number of sulfonamides is 1. The molecule has 0 saturated carbocycles. The van der Waals surface area contributed by atoms with Crippen molar-refractivity contribution < 1.29 is 17.9 Å². The Morgan fingerprint density at radius 3 is 2.52 bits per heavy atom. The first-order valence-electron chi connectivity index (χ1n) is 10.3. The molecule has 2 heterocycles. The maximum absolute atomic E-state index is 13.3. The van der Waals surface area contributed by atoms with E-state index in [1.165, 1.54) is 15.9 Å². The average Bonchev–Trinajstić information content (AvgIpc) is 3.21. The Hall–Kier alpha value is -1.80. The largest absolute Gasteiger partial charge is 0.443 e. The number of rotatable bonds is 3. The molecule has 31 heavy (non-hydrogen) atoms. The first-order chi connectivity index (χ1) is 14.8. The molecule has 2 aromatic carbocycles. The predicted octanol–water partition coefficient (Wildman–Crippen LogP) is 4.57. The summed E-state index contributed by atoms with van der Waals surface area (Å²) in [5.74, 6) is 0. The van der Waals surface area contributed by atoms with Crippen LogP contribution in [0.4, 0.5) is 4.79 Å². The molecule has 1 aliphatic carbocycles. The first-order valence-corrected chi connectivity index (χ1v) is 12.5. The number of ether oxygens (including phenoxy) is 1. The minimum Gasteiger partial charge on any atom is -0.443 e. The van der Waals surface area contributed by atoms with Crippen LogP contribution in [0.25, 0.3) is 0 Å². The quantitative estimate of drug-likeness (QED) is 0.644. The van der Waals surface area contributed by atoms with Gasteiger partial charge in [0.25, 0.3) is 0 Å². The van der Waals surface area contributed by atoms with Crippen LogP contribution in [0.15, 0.2) is 41.3 Å². The summed E-state index contributed by atoms with van der Waals surface area (Å²) in [6, 6.07) is 11.0. The Bertz CT molecular complexity index is 1140. The summed E-state index contributed by atoms with van der Waals surface area (Å²) < 4.78 is 33.7. The van der Waals surface area contributed by atoms with Crippen molar-refractivity contribution in [2.45, 2.75) is 49.3 Å². The smallest absolute Gasteiger partial charge is 0.411 e. The number of amides is 1. The van der Waals surface area contributed by atoms with Crippen molar-refractivity contribution >= 4 is 39.3 Å². The van der Waals surface area contributed by atoms with Gasteiger partial charge < -0.3 is 4.74 Å². The van der Waals surface area contributed by atoms with Crippen LogP contribution in [0.5, 0.6) is 0 Å². The fourth-order valence-electron chi connectivity index (χ4n) is 5.16. The third-order valence-corrected chi connectivity index (χ3v) is 9.25. The number of hydrogen-bond acceptors (Lipinski definition) is 4. The lowest BCUT2D eigenvalue weighted by Crippen LogP contribution is -2.47. The highest BCUT2D eigenvalue weighted by Crippen LogP contribution is 2.45. The van der Waals surface area contributed by atoms with Crippen molar-refractivity contribution in [2.75, 3.05) is 13.1 Å². The number of aryl methyl sites for hydroxylation is 1. The van der Waals surface area contributed by atoms with E-state index in [2.05, 4.69) is 12.1 Å². The molecule has 5 rings (SSSR count). The van der Waals surface area contributed by atoms with E-state index in [1.54, 1.807) is 13.0 Å². The third kappa shape index (κ3) is 3.42. The van der Waals surface area contributed by atoms with Crippen LogP contribution in [0.1, 0.15) is 35.6 Å². The molecule has 2 atom stereocenters. The summed E-state index contributed by atoms with van der Waals surface area (Å²) in [4.78, 5) is 14.6. The molecule has 0 N–H and O–H groups in total. The topological polar surface area (TPSA) is 66.9 Å². The molecule has 9 heteroatoms. The van der Waals surface area contributed by atoms with Gasteiger partial charge in [-0.1, -0.05) is 47.5 Å². The number of carbonyl (C=O) groups excluding carboxylic acids is 1. The molecule has 6 nitrogen and oxygen atoms in total. The number of piperidine rings is 1. The highest BCUT2D eigenvalue weighted by Gasteiger charge is 2.50. The van der Waals surface area contributed by atoms with E-state index in [1.807, 2.05) is 17.0 Å². The fourth-order valence-corrected chi connectivity index (χ4v) is 7.77. The lowest BCUT2D eigenvalue weighted by molar-refractivity contribution is 0.119. The third-order valence-electron chi connectivity index (χ3n) is 6.52. The molecular weight excluding hydrogens is 459 g/mol. The first kappa shape index (κ1) is 21.1. The van der Waals surface area contributed by atoms with Gasteiger partial charge in [-0.05, 0) is 48.6 Å². The molecule has 1 amide bonds. The summed E-state index contributed by atoms with van der Waals surface area (Å²) in [7, 11) is -3.76. The molecule has 2 saturated heterocycles. The summed E-state index contributed by atoms with van der Waals surface area (Å²) in [5, 5.41) is 0.528. The van der Waals surface area contributed by atoms with Gasteiger partial charge in [0, 0.05) is 30.6 Å². The van der Waals surface area contributed by atoms with Gasteiger partial charge in [-0.25, -0.2) is 13.2 Å². The van der Waals surface area contributed by atoms with Crippen LogP contribution in [0.2, 0.25) is 10.0 Å². The SMILES string of the molecule is Cc1cc(Cl)cc(Cl)c1S(=O)(=O)N1CCC(N2C(=O)O[C@H]3Cc4ccccc4[C@H]32)CC1. The van der Waals surface area contributed by atoms with Crippen molar-refractivity contribution in [1.29, 1.82) is 0 Å². The van der Waals surface area contributed by atoms with Crippen LogP contribution in [0.3, 0.4) is 0 Å². The Balaban J connectivity index is 1.36. The molecule has 0 unspecified atom stereocenters. The molecule has 0 radical (unpaired) electrons. The summed E-state index contributed by atoms with van der Waals surface area (Å²) in [6.45, 7) is 2.32. The molecule has 2 aromatic rings. The second-order valence-electron chi connectivity index (χ2n) is 8.35. The normalized spacial score (nSPS) is 24.2. The molecular formula is C22H22Cl2N2O4S. The van der Waals surface area contributed by atoms with Crippen molar-refractivity contribution in [3.05, 3.63) is 63.1 Å². The van der Waals surface area contributed by atoms with Crippen LogP contribution in [-0.2, 0) is 21.2 Å². The number of halogens is 2. The summed E-state index contributed by atoms with van der Waals surface area (Å²) in [6.07, 6.45) is 1.35. The number of fused-ring (bicyclic) bond motifs is 3. The number of benzene rings is 2. The van der Waals surface area contributed by atoms with Gasteiger partial charge in [0.15, 0.2) is 0 Å². The predicted molar refractivity (Wildman–Crippen MR) is 118 cm³/mol. The highest BCUT2D eigenvalue weighted by atomic mass is 35.5. The van der Waals surface area contributed by atoms with E-state index in [0.717, 1.165) is 12.0 Å². The molecule has 164 valence electrons. The van der Waals surface area contributed by atoms with E-state index < -0.39 is 10.0 Å². The van der Waals surface area contributed by atoms with Gasteiger partial charge in [-0.3, -0.25) is 4.90 Å². The van der Waals surface area contributed by atoms with Gasteiger partial charge in [0.2, 0.25) is 10.0 Å². The molecule has 2 fully saturated rings. The van der Waals surface area contributed by atoms with Crippen molar-refractivity contribution in [3.8, 4) is 0 Å². The Labute approximate surface area is 191 Å². The second kappa shape index (κ2) is 7.66. The summed E-state index contributed by atoms with van der Waals surface area (Å²) in [5.41, 5.74) is 2.87. The van der Waals surface area contributed by atoms with E-state index in [-0.39, 0.29) is 34.2 Å². The van der Waals surface area contributed by atoms with Crippen molar-refractivity contribution in [2.24, 2.45) is 0 Å². The summed E-state index contributed by atoms with van der Waals surface area (Å²) >= 11 is 12.2. The van der Waals surface area contributed by atoms with Gasteiger partial charge in [-0.15, -0.1) is 0 Å². The monoisotopic (exact) mass is 480 g/mol.